The van der Waals surface area contributed by atoms with Crippen LogP contribution in [0.15, 0.2) is 28.9 Å². The number of rotatable bonds is 2. The maximum absolute atomic E-state index is 6.01. The highest BCUT2D eigenvalue weighted by Gasteiger charge is 2.13. The molecule has 1 atom stereocenters. The number of nitrogens with two attached hydrogens (primary N) is 1. The molecule has 0 fully saturated rings. The molecule has 0 aliphatic rings. The first-order valence-electron chi connectivity index (χ1n) is 5.56. The molecule has 0 radical (unpaired) electrons. The Balaban J connectivity index is 2.76. The summed E-state index contributed by atoms with van der Waals surface area (Å²) in [6.45, 7) is 6.40. The molecule has 0 saturated heterocycles. The van der Waals surface area contributed by atoms with Gasteiger partial charge in [0.1, 0.15) is 0 Å². The first kappa shape index (κ1) is 11.7. The molecule has 0 spiro atoms. The van der Waals surface area contributed by atoms with Crippen molar-refractivity contribution < 1.29 is 0 Å². The SMILES string of the molecule is CC(N)c1cn(C(C)C)c2cc(Br)ccc12. The molecule has 1 unspecified atom stereocenters. The predicted molar refractivity (Wildman–Crippen MR) is 72.6 cm³/mol. The van der Waals surface area contributed by atoms with Crippen LogP contribution >= 0.6 is 15.9 Å². The molecular formula is C13H17BrN2. The van der Waals surface area contributed by atoms with E-state index in [9.17, 15) is 0 Å². The van der Waals surface area contributed by atoms with Gasteiger partial charge in [0.25, 0.3) is 0 Å². The van der Waals surface area contributed by atoms with Gasteiger partial charge in [-0.2, -0.15) is 0 Å². The van der Waals surface area contributed by atoms with Crippen LogP contribution in [0.4, 0.5) is 0 Å². The van der Waals surface area contributed by atoms with E-state index in [1.54, 1.807) is 0 Å². The smallest absolute Gasteiger partial charge is 0.0497 e. The van der Waals surface area contributed by atoms with Gasteiger partial charge in [-0.25, -0.2) is 0 Å². The minimum atomic E-state index is 0.0728. The first-order chi connectivity index (χ1) is 7.50. The van der Waals surface area contributed by atoms with Crippen LogP contribution in [0.2, 0.25) is 0 Å². The van der Waals surface area contributed by atoms with Gasteiger partial charge < -0.3 is 10.3 Å². The lowest BCUT2D eigenvalue weighted by Crippen LogP contribution is -2.04. The Morgan fingerprint density at radius 3 is 2.50 bits per heavy atom. The zero-order valence-electron chi connectivity index (χ0n) is 9.87. The number of hydrogen-bond acceptors (Lipinski definition) is 1. The second kappa shape index (κ2) is 4.22. The highest BCUT2D eigenvalue weighted by atomic mass is 79.9. The lowest BCUT2D eigenvalue weighted by molar-refractivity contribution is 0.618. The van der Waals surface area contributed by atoms with Crippen molar-refractivity contribution in [2.75, 3.05) is 0 Å². The number of fused-ring (bicyclic) bond motifs is 1. The number of halogens is 1. The van der Waals surface area contributed by atoms with E-state index < -0.39 is 0 Å². The average molecular weight is 281 g/mol. The van der Waals surface area contributed by atoms with Gasteiger partial charge in [0.05, 0.1) is 0 Å². The third kappa shape index (κ3) is 1.89. The predicted octanol–water partition coefficient (Wildman–Crippen LogP) is 4.00. The van der Waals surface area contributed by atoms with Gasteiger partial charge in [-0.3, -0.25) is 0 Å². The number of nitrogens with zero attached hydrogens (tertiary/aromatic N) is 1. The Morgan fingerprint density at radius 1 is 1.25 bits per heavy atom. The summed E-state index contributed by atoms with van der Waals surface area (Å²) in [5.41, 5.74) is 8.47. The monoisotopic (exact) mass is 280 g/mol. The standard InChI is InChI=1S/C13H17BrN2/c1-8(2)16-7-12(9(3)15)11-5-4-10(14)6-13(11)16/h4-9H,15H2,1-3H3. The fraction of sp³-hybridized carbons (Fsp3) is 0.385. The summed E-state index contributed by atoms with van der Waals surface area (Å²) in [5.74, 6) is 0. The van der Waals surface area contributed by atoms with Crippen molar-refractivity contribution >= 4 is 26.8 Å². The van der Waals surface area contributed by atoms with Gasteiger partial charge >= 0.3 is 0 Å². The second-order valence-corrected chi connectivity index (χ2v) is 5.45. The maximum atomic E-state index is 6.01. The lowest BCUT2D eigenvalue weighted by atomic mass is 10.1. The van der Waals surface area contributed by atoms with E-state index in [0.717, 1.165) is 4.47 Å². The third-order valence-corrected chi connectivity index (χ3v) is 3.37. The third-order valence-electron chi connectivity index (χ3n) is 2.87. The molecule has 86 valence electrons. The van der Waals surface area contributed by atoms with Crippen LogP contribution in [0.5, 0.6) is 0 Å². The van der Waals surface area contributed by atoms with Crippen LogP contribution < -0.4 is 5.73 Å². The van der Waals surface area contributed by atoms with Crippen molar-refractivity contribution in [2.45, 2.75) is 32.9 Å². The van der Waals surface area contributed by atoms with Crippen LogP contribution in [0, 0.1) is 0 Å². The van der Waals surface area contributed by atoms with E-state index >= 15 is 0 Å². The summed E-state index contributed by atoms with van der Waals surface area (Å²) in [6, 6.07) is 6.88. The Labute approximate surface area is 105 Å². The fourth-order valence-corrected chi connectivity index (χ4v) is 2.39. The van der Waals surface area contributed by atoms with E-state index in [1.807, 2.05) is 6.92 Å². The minimum Gasteiger partial charge on any atom is -0.345 e. The van der Waals surface area contributed by atoms with Gasteiger partial charge in [-0.1, -0.05) is 22.0 Å². The molecule has 2 rings (SSSR count). The molecule has 0 bridgehead atoms. The van der Waals surface area contributed by atoms with Crippen molar-refractivity contribution in [1.82, 2.24) is 4.57 Å². The molecule has 0 aliphatic carbocycles. The van der Waals surface area contributed by atoms with E-state index in [0.29, 0.717) is 6.04 Å². The molecule has 2 N–H and O–H groups in total. The van der Waals surface area contributed by atoms with Crippen LogP contribution in [0.3, 0.4) is 0 Å². The van der Waals surface area contributed by atoms with Crippen LogP contribution in [0.1, 0.15) is 38.4 Å². The van der Waals surface area contributed by atoms with Crippen LogP contribution in [-0.4, -0.2) is 4.57 Å². The summed E-state index contributed by atoms with van der Waals surface area (Å²) in [6.07, 6.45) is 2.17. The van der Waals surface area contributed by atoms with E-state index in [2.05, 4.69) is 58.7 Å². The minimum absolute atomic E-state index is 0.0728. The molecule has 2 aromatic rings. The number of hydrogen-bond donors (Lipinski definition) is 1. The molecule has 0 amide bonds. The summed E-state index contributed by atoms with van der Waals surface area (Å²) in [5, 5.41) is 1.26. The Hall–Kier alpha value is -0.800. The van der Waals surface area contributed by atoms with E-state index in [1.165, 1.54) is 16.5 Å². The van der Waals surface area contributed by atoms with Crippen molar-refractivity contribution in [3.63, 3.8) is 0 Å². The first-order valence-corrected chi connectivity index (χ1v) is 6.35. The highest BCUT2D eigenvalue weighted by molar-refractivity contribution is 9.10. The van der Waals surface area contributed by atoms with Gasteiger partial charge in [0, 0.05) is 33.7 Å². The number of aromatic nitrogens is 1. The fourth-order valence-electron chi connectivity index (χ4n) is 2.04. The summed E-state index contributed by atoms with van der Waals surface area (Å²) in [4.78, 5) is 0. The van der Waals surface area contributed by atoms with Gasteiger partial charge in [-0.05, 0) is 38.5 Å². The number of benzene rings is 1. The Kier molecular flexibility index (Phi) is 3.08. The quantitative estimate of drug-likeness (QED) is 0.886. The van der Waals surface area contributed by atoms with Crippen LogP contribution in [-0.2, 0) is 0 Å². The Bertz CT molecular complexity index is 512. The molecule has 1 heterocycles. The highest BCUT2D eigenvalue weighted by Crippen LogP contribution is 2.30. The normalized spacial score (nSPS) is 13.6. The van der Waals surface area contributed by atoms with Crippen molar-refractivity contribution in [2.24, 2.45) is 5.73 Å². The molecule has 1 aromatic carbocycles. The average Bonchev–Trinajstić information content (AvgIpc) is 2.56. The van der Waals surface area contributed by atoms with Gasteiger partial charge in [-0.15, -0.1) is 0 Å². The van der Waals surface area contributed by atoms with Crippen molar-refractivity contribution in [3.05, 3.63) is 34.4 Å². The molecule has 2 nitrogen and oxygen atoms in total. The zero-order chi connectivity index (χ0) is 11.9. The largest absolute Gasteiger partial charge is 0.345 e. The molecule has 0 saturated carbocycles. The van der Waals surface area contributed by atoms with Gasteiger partial charge in [0.15, 0.2) is 0 Å². The van der Waals surface area contributed by atoms with Crippen molar-refractivity contribution in [3.8, 4) is 0 Å². The molecule has 0 aliphatic heterocycles. The zero-order valence-corrected chi connectivity index (χ0v) is 11.5. The second-order valence-electron chi connectivity index (χ2n) is 4.54. The van der Waals surface area contributed by atoms with Gasteiger partial charge in [0.2, 0.25) is 0 Å². The topological polar surface area (TPSA) is 30.9 Å². The summed E-state index contributed by atoms with van der Waals surface area (Å²) in [7, 11) is 0. The van der Waals surface area contributed by atoms with E-state index in [-0.39, 0.29) is 6.04 Å². The van der Waals surface area contributed by atoms with Crippen molar-refractivity contribution in [1.29, 1.82) is 0 Å². The summed E-state index contributed by atoms with van der Waals surface area (Å²) >= 11 is 3.52. The molecule has 1 aromatic heterocycles. The molecular weight excluding hydrogens is 264 g/mol. The molecule has 3 heteroatoms. The maximum Gasteiger partial charge on any atom is 0.0497 e. The van der Waals surface area contributed by atoms with Crippen LogP contribution in [0.25, 0.3) is 10.9 Å². The summed E-state index contributed by atoms with van der Waals surface area (Å²) < 4.78 is 3.38. The molecule has 16 heavy (non-hydrogen) atoms. The lowest BCUT2D eigenvalue weighted by Gasteiger charge is -2.08. The van der Waals surface area contributed by atoms with E-state index in [4.69, 9.17) is 5.73 Å². The Morgan fingerprint density at radius 2 is 1.94 bits per heavy atom.